The van der Waals surface area contributed by atoms with Crippen LogP contribution in [-0.4, -0.2) is 15.8 Å². The molecule has 5 rings (SSSR count). The predicted molar refractivity (Wildman–Crippen MR) is 115 cm³/mol. The van der Waals surface area contributed by atoms with Gasteiger partial charge in [-0.25, -0.2) is 0 Å². The van der Waals surface area contributed by atoms with Crippen LogP contribution in [0, 0.1) is 0 Å². The van der Waals surface area contributed by atoms with Crippen molar-refractivity contribution in [2.45, 2.75) is 12.6 Å². The molecule has 4 aromatic rings. The summed E-state index contributed by atoms with van der Waals surface area (Å²) >= 11 is 12.2. The van der Waals surface area contributed by atoms with Crippen LogP contribution in [0.5, 0.6) is 0 Å². The van der Waals surface area contributed by atoms with Crippen LogP contribution in [-0.2, 0) is 6.54 Å². The smallest absolute Gasteiger partial charge is 0.291 e. The molecule has 0 unspecified atom stereocenters. The minimum Gasteiger partial charge on any atom is -0.450 e. The Labute approximate surface area is 181 Å². The summed E-state index contributed by atoms with van der Waals surface area (Å²) < 4.78 is 5.90. The fourth-order valence-corrected chi connectivity index (χ4v) is 4.13. The normalized spacial score (nSPS) is 15.6. The van der Waals surface area contributed by atoms with Gasteiger partial charge in [-0.3, -0.25) is 14.6 Å². The molecule has 30 heavy (non-hydrogen) atoms. The number of hydrogen-bond acceptors (Lipinski definition) is 4. The highest BCUT2D eigenvalue weighted by atomic mass is 35.5. The van der Waals surface area contributed by atoms with Crippen LogP contribution < -0.4 is 5.43 Å². The molecule has 0 saturated carbocycles. The highest BCUT2D eigenvalue weighted by Gasteiger charge is 2.42. The fourth-order valence-electron chi connectivity index (χ4n) is 3.84. The number of aromatic nitrogens is 1. The third kappa shape index (κ3) is 3.07. The van der Waals surface area contributed by atoms with Crippen molar-refractivity contribution in [2.75, 3.05) is 0 Å². The maximum atomic E-state index is 13.4. The molecule has 148 valence electrons. The number of carbonyl (C=O) groups excluding carboxylic acids is 1. The SMILES string of the molecule is O=C1c2oc3ccc(Cl)cc3c(=O)c2[C@H](c2ccc(Cl)cc2)N1Cc1cccnc1. The number of fused-ring (bicyclic) bond motifs is 2. The second-order valence-electron chi connectivity index (χ2n) is 7.06. The lowest BCUT2D eigenvalue weighted by atomic mass is 9.98. The van der Waals surface area contributed by atoms with E-state index in [0.29, 0.717) is 26.6 Å². The highest BCUT2D eigenvalue weighted by Crippen LogP contribution is 2.39. The Morgan fingerprint density at radius 2 is 1.77 bits per heavy atom. The number of hydrogen-bond donors (Lipinski definition) is 0. The van der Waals surface area contributed by atoms with E-state index in [1.807, 2.05) is 18.2 Å². The van der Waals surface area contributed by atoms with Gasteiger partial charge in [-0.15, -0.1) is 0 Å². The lowest BCUT2D eigenvalue weighted by Crippen LogP contribution is -2.29. The Bertz CT molecular complexity index is 1330. The van der Waals surface area contributed by atoms with Crippen molar-refractivity contribution in [3.05, 3.63) is 110 Å². The molecule has 0 N–H and O–H groups in total. The minimum atomic E-state index is -0.607. The van der Waals surface area contributed by atoms with Gasteiger partial charge in [0.2, 0.25) is 5.76 Å². The zero-order chi connectivity index (χ0) is 20.8. The molecule has 0 radical (unpaired) electrons. The number of benzene rings is 2. The quantitative estimate of drug-likeness (QED) is 0.440. The van der Waals surface area contributed by atoms with Crippen LogP contribution in [0.15, 0.2) is 76.2 Å². The first-order chi connectivity index (χ1) is 14.5. The number of rotatable bonds is 3. The van der Waals surface area contributed by atoms with Gasteiger partial charge in [-0.05, 0) is 47.5 Å². The molecule has 1 aliphatic heterocycles. The molecular formula is C23H14Cl2N2O3. The molecule has 0 aliphatic carbocycles. The number of halogens is 2. The van der Waals surface area contributed by atoms with Crippen LogP contribution in [0.4, 0.5) is 0 Å². The van der Waals surface area contributed by atoms with Crippen molar-refractivity contribution >= 4 is 40.1 Å². The van der Waals surface area contributed by atoms with E-state index in [2.05, 4.69) is 4.98 Å². The highest BCUT2D eigenvalue weighted by molar-refractivity contribution is 6.31. The van der Waals surface area contributed by atoms with Crippen molar-refractivity contribution in [2.24, 2.45) is 0 Å². The summed E-state index contributed by atoms with van der Waals surface area (Å²) in [5, 5.41) is 1.34. The first-order valence-corrected chi connectivity index (χ1v) is 10.00. The van der Waals surface area contributed by atoms with Gasteiger partial charge in [0.05, 0.1) is 17.0 Å². The van der Waals surface area contributed by atoms with Crippen molar-refractivity contribution < 1.29 is 9.21 Å². The summed E-state index contributed by atoms with van der Waals surface area (Å²) in [6.45, 7) is 0.278. The van der Waals surface area contributed by atoms with E-state index in [4.69, 9.17) is 27.6 Å². The van der Waals surface area contributed by atoms with Crippen molar-refractivity contribution in [3.8, 4) is 0 Å². The summed E-state index contributed by atoms with van der Waals surface area (Å²) in [5.74, 6) is -0.290. The lowest BCUT2D eigenvalue weighted by molar-refractivity contribution is 0.0714. The second-order valence-corrected chi connectivity index (χ2v) is 7.94. The Balaban J connectivity index is 1.74. The van der Waals surface area contributed by atoms with Crippen LogP contribution in [0.1, 0.15) is 33.3 Å². The summed E-state index contributed by atoms with van der Waals surface area (Å²) in [5.41, 5.74) is 1.98. The molecule has 1 amide bonds. The molecule has 2 aromatic carbocycles. The third-order valence-electron chi connectivity index (χ3n) is 5.19. The maximum absolute atomic E-state index is 13.4. The first-order valence-electron chi connectivity index (χ1n) is 9.24. The van der Waals surface area contributed by atoms with Gasteiger partial charge in [0.1, 0.15) is 5.58 Å². The van der Waals surface area contributed by atoms with E-state index in [1.54, 1.807) is 53.7 Å². The van der Waals surface area contributed by atoms with Crippen molar-refractivity contribution in [1.29, 1.82) is 0 Å². The second kappa shape index (κ2) is 7.27. The minimum absolute atomic E-state index is 0.0543. The van der Waals surface area contributed by atoms with Crippen LogP contribution in [0.2, 0.25) is 10.0 Å². The van der Waals surface area contributed by atoms with Gasteiger partial charge in [0.15, 0.2) is 5.43 Å². The molecule has 1 atom stereocenters. The summed E-state index contributed by atoms with van der Waals surface area (Å²) in [7, 11) is 0. The van der Waals surface area contributed by atoms with Crippen LogP contribution in [0.25, 0.3) is 11.0 Å². The molecule has 1 aliphatic rings. The Morgan fingerprint density at radius 3 is 2.50 bits per heavy atom. The molecule has 7 heteroatoms. The van der Waals surface area contributed by atoms with E-state index in [9.17, 15) is 9.59 Å². The molecule has 0 spiro atoms. The lowest BCUT2D eigenvalue weighted by Gasteiger charge is -2.25. The third-order valence-corrected chi connectivity index (χ3v) is 5.68. The Hall–Kier alpha value is -3.15. The van der Waals surface area contributed by atoms with Crippen LogP contribution >= 0.6 is 23.2 Å². The monoisotopic (exact) mass is 436 g/mol. The van der Waals surface area contributed by atoms with Gasteiger partial charge in [-0.2, -0.15) is 0 Å². The molecular weight excluding hydrogens is 423 g/mol. The maximum Gasteiger partial charge on any atom is 0.291 e. The largest absolute Gasteiger partial charge is 0.450 e. The van der Waals surface area contributed by atoms with E-state index in [1.165, 1.54) is 0 Å². The average molecular weight is 437 g/mol. The number of amides is 1. The topological polar surface area (TPSA) is 63.4 Å². The Kier molecular flexibility index (Phi) is 4.57. The van der Waals surface area contributed by atoms with Gasteiger partial charge in [0.25, 0.3) is 5.91 Å². The summed E-state index contributed by atoms with van der Waals surface area (Å²) in [4.78, 5) is 32.5. The molecule has 0 bridgehead atoms. The van der Waals surface area contributed by atoms with Gasteiger partial charge in [0, 0.05) is 29.0 Å². The zero-order valence-electron chi connectivity index (χ0n) is 15.5. The molecule has 2 aromatic heterocycles. The van der Waals surface area contributed by atoms with E-state index in [-0.39, 0.29) is 23.6 Å². The molecule has 0 fully saturated rings. The first kappa shape index (κ1) is 18.9. The van der Waals surface area contributed by atoms with Gasteiger partial charge >= 0.3 is 0 Å². The van der Waals surface area contributed by atoms with E-state index in [0.717, 1.165) is 11.1 Å². The number of carbonyl (C=O) groups is 1. The summed E-state index contributed by atoms with van der Waals surface area (Å²) in [6.07, 6.45) is 3.36. The standard InChI is InChI=1S/C23H14Cl2N2O3/c24-15-5-3-14(4-6-15)20-19-21(28)17-10-16(25)7-8-18(17)30-22(19)23(29)27(20)12-13-2-1-9-26-11-13/h1-11,20H,12H2/t20-/m0/s1. The van der Waals surface area contributed by atoms with Crippen LogP contribution in [0.3, 0.4) is 0 Å². The van der Waals surface area contributed by atoms with E-state index < -0.39 is 6.04 Å². The Morgan fingerprint density at radius 1 is 1.00 bits per heavy atom. The summed E-state index contributed by atoms with van der Waals surface area (Å²) in [6, 6.07) is 15.0. The predicted octanol–water partition coefficient (Wildman–Crippen LogP) is 5.24. The van der Waals surface area contributed by atoms with Crippen molar-refractivity contribution in [3.63, 3.8) is 0 Å². The van der Waals surface area contributed by atoms with E-state index >= 15 is 0 Å². The average Bonchev–Trinajstić information content (AvgIpc) is 3.02. The molecule has 0 saturated heterocycles. The molecule has 3 heterocycles. The molecule has 5 nitrogen and oxygen atoms in total. The van der Waals surface area contributed by atoms with Crippen molar-refractivity contribution in [1.82, 2.24) is 9.88 Å². The van der Waals surface area contributed by atoms with Gasteiger partial charge in [-0.1, -0.05) is 41.4 Å². The zero-order valence-corrected chi connectivity index (χ0v) is 17.0. The number of nitrogens with zero attached hydrogens (tertiary/aromatic N) is 2. The number of pyridine rings is 1. The van der Waals surface area contributed by atoms with Gasteiger partial charge < -0.3 is 9.32 Å². The fraction of sp³-hybridized carbons (Fsp3) is 0.0870.